The van der Waals surface area contributed by atoms with Crippen LogP contribution >= 0.6 is 0 Å². The normalized spacial score (nSPS) is 20.1. The Hall–Kier alpha value is -0.0800. The monoisotopic (exact) mass is 146 g/mol. The first-order chi connectivity index (χ1) is 4.63. The molecular formula is C8H18O2. The minimum Gasteiger partial charge on any atom is -0.381 e. The summed E-state index contributed by atoms with van der Waals surface area (Å²) in [6.45, 7) is 6.24. The van der Waals surface area contributed by atoms with Gasteiger partial charge in [0.25, 0.3) is 0 Å². The van der Waals surface area contributed by atoms with E-state index in [9.17, 15) is 0 Å². The molecule has 0 rings (SSSR count). The van der Waals surface area contributed by atoms with Crippen molar-refractivity contribution in [3.63, 3.8) is 0 Å². The first-order valence-electron chi connectivity index (χ1n) is 3.69. The van der Waals surface area contributed by atoms with Crippen molar-refractivity contribution in [1.29, 1.82) is 0 Å². The third-order valence-electron chi connectivity index (χ3n) is 2.22. The largest absolute Gasteiger partial charge is 0.381 e. The van der Waals surface area contributed by atoms with Gasteiger partial charge in [-0.3, -0.25) is 0 Å². The van der Waals surface area contributed by atoms with Crippen molar-refractivity contribution in [1.82, 2.24) is 0 Å². The first kappa shape index (κ1) is 9.92. The molecule has 2 unspecified atom stereocenters. The van der Waals surface area contributed by atoms with Crippen molar-refractivity contribution in [2.75, 3.05) is 14.2 Å². The van der Waals surface area contributed by atoms with Crippen LogP contribution in [0.15, 0.2) is 0 Å². The minimum atomic E-state index is 0.273. The Morgan fingerprint density at radius 2 is 1.10 bits per heavy atom. The van der Waals surface area contributed by atoms with Crippen molar-refractivity contribution in [3.05, 3.63) is 0 Å². The number of rotatable bonds is 4. The Morgan fingerprint density at radius 3 is 1.30 bits per heavy atom. The van der Waals surface area contributed by atoms with E-state index in [-0.39, 0.29) is 12.2 Å². The van der Waals surface area contributed by atoms with Crippen LogP contribution in [0.5, 0.6) is 0 Å². The zero-order valence-electron chi connectivity index (χ0n) is 7.55. The van der Waals surface area contributed by atoms with Crippen molar-refractivity contribution < 1.29 is 9.47 Å². The standard InChI is InChI=1S/C8H18O2/c1-6(7(2)9-4)8(3)10-5/h6-8H,1-5H3. The number of hydrogen-bond acceptors (Lipinski definition) is 2. The summed E-state index contributed by atoms with van der Waals surface area (Å²) < 4.78 is 10.3. The lowest BCUT2D eigenvalue weighted by molar-refractivity contribution is -0.00869. The Labute approximate surface area is 63.5 Å². The molecule has 2 nitrogen and oxygen atoms in total. The van der Waals surface area contributed by atoms with Crippen molar-refractivity contribution in [2.45, 2.75) is 33.0 Å². The molecular weight excluding hydrogens is 128 g/mol. The predicted molar refractivity (Wildman–Crippen MR) is 42.1 cm³/mol. The van der Waals surface area contributed by atoms with Crippen LogP contribution in [0.3, 0.4) is 0 Å². The van der Waals surface area contributed by atoms with Crippen LogP contribution < -0.4 is 0 Å². The maximum absolute atomic E-state index is 5.15. The first-order valence-corrected chi connectivity index (χ1v) is 3.69. The van der Waals surface area contributed by atoms with E-state index in [1.54, 1.807) is 14.2 Å². The van der Waals surface area contributed by atoms with Gasteiger partial charge in [-0.2, -0.15) is 0 Å². The molecule has 0 aliphatic heterocycles. The molecule has 0 aromatic rings. The number of hydrogen-bond donors (Lipinski definition) is 0. The Balaban J connectivity index is 3.69. The molecule has 0 amide bonds. The lowest BCUT2D eigenvalue weighted by atomic mass is 10.0. The fourth-order valence-electron chi connectivity index (χ4n) is 0.811. The summed E-state index contributed by atoms with van der Waals surface area (Å²) in [5.74, 6) is 0.454. The molecule has 2 atom stereocenters. The van der Waals surface area contributed by atoms with Crippen molar-refractivity contribution in [3.8, 4) is 0 Å². The third-order valence-corrected chi connectivity index (χ3v) is 2.22. The van der Waals surface area contributed by atoms with Gasteiger partial charge in [-0.1, -0.05) is 6.92 Å². The topological polar surface area (TPSA) is 18.5 Å². The molecule has 0 radical (unpaired) electrons. The van der Waals surface area contributed by atoms with Crippen molar-refractivity contribution in [2.24, 2.45) is 5.92 Å². The lowest BCUT2D eigenvalue weighted by Gasteiger charge is -2.23. The SMILES string of the molecule is COC(C)C(C)C(C)OC. The summed E-state index contributed by atoms with van der Waals surface area (Å²) in [6.07, 6.45) is 0.546. The molecule has 0 bridgehead atoms. The summed E-state index contributed by atoms with van der Waals surface area (Å²) in [5.41, 5.74) is 0. The van der Waals surface area contributed by atoms with E-state index in [2.05, 4.69) is 20.8 Å². The smallest absolute Gasteiger partial charge is 0.0593 e. The summed E-state index contributed by atoms with van der Waals surface area (Å²) in [5, 5.41) is 0. The Bertz CT molecular complexity index is 73.3. The molecule has 2 heteroatoms. The third kappa shape index (κ3) is 2.67. The molecule has 0 spiro atoms. The van der Waals surface area contributed by atoms with Gasteiger partial charge >= 0.3 is 0 Å². The average molecular weight is 146 g/mol. The lowest BCUT2D eigenvalue weighted by Crippen LogP contribution is -2.27. The van der Waals surface area contributed by atoms with Crippen LogP contribution in [0, 0.1) is 5.92 Å². The molecule has 0 saturated heterocycles. The van der Waals surface area contributed by atoms with Gasteiger partial charge in [0.15, 0.2) is 0 Å². The van der Waals surface area contributed by atoms with Gasteiger partial charge in [0.05, 0.1) is 12.2 Å². The highest BCUT2D eigenvalue weighted by Gasteiger charge is 2.17. The molecule has 0 aliphatic carbocycles. The van der Waals surface area contributed by atoms with E-state index < -0.39 is 0 Å². The highest BCUT2D eigenvalue weighted by atomic mass is 16.5. The highest BCUT2D eigenvalue weighted by molar-refractivity contribution is 4.66. The van der Waals surface area contributed by atoms with Crippen LogP contribution in [0.4, 0.5) is 0 Å². The van der Waals surface area contributed by atoms with Gasteiger partial charge < -0.3 is 9.47 Å². The molecule has 0 saturated carbocycles. The van der Waals surface area contributed by atoms with Crippen LogP contribution in [-0.4, -0.2) is 26.4 Å². The molecule has 62 valence electrons. The second-order valence-electron chi connectivity index (χ2n) is 2.74. The fraction of sp³-hybridized carbons (Fsp3) is 1.00. The second-order valence-corrected chi connectivity index (χ2v) is 2.74. The zero-order chi connectivity index (χ0) is 8.15. The summed E-state index contributed by atoms with van der Waals surface area (Å²) in [4.78, 5) is 0. The van der Waals surface area contributed by atoms with Gasteiger partial charge in [-0.25, -0.2) is 0 Å². The maximum atomic E-state index is 5.15. The average Bonchev–Trinajstić information content (AvgIpc) is 2.00. The molecule has 0 fully saturated rings. The highest BCUT2D eigenvalue weighted by Crippen LogP contribution is 2.12. The summed E-state index contributed by atoms with van der Waals surface area (Å²) in [6, 6.07) is 0. The quantitative estimate of drug-likeness (QED) is 0.601. The van der Waals surface area contributed by atoms with Crippen LogP contribution in [0.2, 0.25) is 0 Å². The minimum absolute atomic E-state index is 0.273. The van der Waals surface area contributed by atoms with Gasteiger partial charge in [-0.15, -0.1) is 0 Å². The van der Waals surface area contributed by atoms with Gasteiger partial charge in [0.2, 0.25) is 0 Å². The van der Waals surface area contributed by atoms with E-state index in [1.807, 2.05) is 0 Å². The van der Waals surface area contributed by atoms with Crippen molar-refractivity contribution >= 4 is 0 Å². The molecule has 0 aromatic carbocycles. The van der Waals surface area contributed by atoms with E-state index in [0.29, 0.717) is 5.92 Å². The maximum Gasteiger partial charge on any atom is 0.0593 e. The van der Waals surface area contributed by atoms with Crippen LogP contribution in [0.1, 0.15) is 20.8 Å². The molecule has 0 aliphatic rings. The van der Waals surface area contributed by atoms with E-state index in [4.69, 9.17) is 9.47 Å². The van der Waals surface area contributed by atoms with Gasteiger partial charge in [-0.05, 0) is 13.8 Å². The van der Waals surface area contributed by atoms with Gasteiger partial charge in [0, 0.05) is 20.1 Å². The predicted octanol–water partition coefficient (Wildman–Crippen LogP) is 1.69. The fourth-order valence-corrected chi connectivity index (χ4v) is 0.811. The molecule has 10 heavy (non-hydrogen) atoms. The van der Waals surface area contributed by atoms with Gasteiger partial charge in [0.1, 0.15) is 0 Å². The Morgan fingerprint density at radius 1 is 0.800 bits per heavy atom. The van der Waals surface area contributed by atoms with Crippen LogP contribution in [-0.2, 0) is 9.47 Å². The summed E-state index contributed by atoms with van der Waals surface area (Å²) in [7, 11) is 3.45. The number of methoxy groups -OCH3 is 2. The van der Waals surface area contributed by atoms with E-state index in [1.165, 1.54) is 0 Å². The second kappa shape index (κ2) is 4.69. The van der Waals surface area contributed by atoms with Crippen LogP contribution in [0.25, 0.3) is 0 Å². The summed E-state index contributed by atoms with van der Waals surface area (Å²) >= 11 is 0. The van der Waals surface area contributed by atoms with E-state index in [0.717, 1.165) is 0 Å². The number of ether oxygens (including phenoxy) is 2. The molecule has 0 aromatic heterocycles. The zero-order valence-corrected chi connectivity index (χ0v) is 7.55. The Kier molecular flexibility index (Phi) is 4.65. The molecule has 0 heterocycles. The van der Waals surface area contributed by atoms with E-state index >= 15 is 0 Å². The molecule has 0 N–H and O–H groups in total.